The zero-order valence-corrected chi connectivity index (χ0v) is 12.6. The highest BCUT2D eigenvalue weighted by atomic mass is 16.5. The van der Waals surface area contributed by atoms with Gasteiger partial charge in [-0.2, -0.15) is 0 Å². The van der Waals surface area contributed by atoms with Gasteiger partial charge in [0.05, 0.1) is 13.0 Å². The molecule has 1 saturated heterocycles. The minimum atomic E-state index is 0.0109. The van der Waals surface area contributed by atoms with E-state index in [4.69, 9.17) is 4.74 Å². The molecule has 21 heavy (non-hydrogen) atoms. The summed E-state index contributed by atoms with van der Waals surface area (Å²) in [5, 5.41) is 2.76. The van der Waals surface area contributed by atoms with Crippen molar-refractivity contribution in [3.8, 4) is 5.75 Å². The molecule has 0 spiro atoms. The lowest BCUT2D eigenvalue weighted by molar-refractivity contribution is -0.131. The van der Waals surface area contributed by atoms with Gasteiger partial charge in [0, 0.05) is 26.1 Å². The van der Waals surface area contributed by atoms with Crippen LogP contribution in [0, 0.1) is 13.8 Å². The first kappa shape index (κ1) is 15.4. The van der Waals surface area contributed by atoms with Crippen LogP contribution >= 0.6 is 0 Å². The first-order valence-electron chi connectivity index (χ1n) is 7.30. The lowest BCUT2D eigenvalue weighted by Gasteiger charge is -2.19. The van der Waals surface area contributed by atoms with Crippen molar-refractivity contribution in [1.82, 2.24) is 10.2 Å². The normalized spacial score (nSPS) is 15.3. The zero-order valence-electron chi connectivity index (χ0n) is 12.6. The van der Waals surface area contributed by atoms with Crippen LogP contribution in [-0.2, 0) is 9.59 Å². The molecule has 1 aromatic rings. The second kappa shape index (κ2) is 7.11. The van der Waals surface area contributed by atoms with Crippen molar-refractivity contribution in [2.75, 3.05) is 26.2 Å². The number of nitrogens with one attached hydrogen (secondary N) is 1. The summed E-state index contributed by atoms with van der Waals surface area (Å²) < 4.78 is 5.65. The monoisotopic (exact) mass is 290 g/mol. The second-order valence-electron chi connectivity index (χ2n) is 5.40. The molecule has 5 nitrogen and oxygen atoms in total. The molecule has 114 valence electrons. The molecule has 1 fully saturated rings. The highest BCUT2D eigenvalue weighted by molar-refractivity contribution is 5.80. The maximum atomic E-state index is 12.1. The molecule has 5 heteroatoms. The third-order valence-electron chi connectivity index (χ3n) is 3.45. The number of amides is 2. The number of benzene rings is 1. The van der Waals surface area contributed by atoms with E-state index >= 15 is 0 Å². The summed E-state index contributed by atoms with van der Waals surface area (Å²) in [5.74, 6) is 0.848. The predicted octanol–water partition coefficient (Wildman–Crippen LogP) is 1.42. The fraction of sp³-hybridized carbons (Fsp3) is 0.500. The van der Waals surface area contributed by atoms with E-state index in [2.05, 4.69) is 11.4 Å². The third-order valence-corrected chi connectivity index (χ3v) is 3.45. The van der Waals surface area contributed by atoms with Crippen molar-refractivity contribution in [1.29, 1.82) is 0 Å². The van der Waals surface area contributed by atoms with Gasteiger partial charge in [0.25, 0.3) is 0 Å². The smallest absolute Gasteiger partial charge is 0.226 e. The quantitative estimate of drug-likeness (QED) is 0.912. The topological polar surface area (TPSA) is 58.6 Å². The second-order valence-corrected chi connectivity index (χ2v) is 5.40. The number of hydrogen-bond acceptors (Lipinski definition) is 3. The molecule has 2 amide bonds. The molecule has 0 radical (unpaired) electrons. The average molecular weight is 290 g/mol. The molecular weight excluding hydrogens is 268 g/mol. The van der Waals surface area contributed by atoms with Gasteiger partial charge in [-0.05, 0) is 37.1 Å². The van der Waals surface area contributed by atoms with Crippen LogP contribution < -0.4 is 10.1 Å². The van der Waals surface area contributed by atoms with Crippen molar-refractivity contribution in [2.45, 2.75) is 26.7 Å². The number of rotatable bonds is 4. The molecular formula is C16H22N2O3. The Kier molecular flexibility index (Phi) is 5.20. The van der Waals surface area contributed by atoms with Gasteiger partial charge in [-0.1, -0.05) is 6.07 Å². The Bertz CT molecular complexity index is 508. The van der Waals surface area contributed by atoms with E-state index in [0.29, 0.717) is 39.1 Å². The lowest BCUT2D eigenvalue weighted by atomic mass is 10.1. The molecule has 2 rings (SSSR count). The Morgan fingerprint density at radius 1 is 1.24 bits per heavy atom. The predicted molar refractivity (Wildman–Crippen MR) is 80.2 cm³/mol. The molecule has 1 aliphatic heterocycles. The van der Waals surface area contributed by atoms with E-state index in [9.17, 15) is 9.59 Å². The summed E-state index contributed by atoms with van der Waals surface area (Å²) in [7, 11) is 0. The van der Waals surface area contributed by atoms with E-state index in [1.807, 2.05) is 26.0 Å². The van der Waals surface area contributed by atoms with Gasteiger partial charge in [0.2, 0.25) is 11.8 Å². The summed E-state index contributed by atoms with van der Waals surface area (Å²) in [6, 6.07) is 6.01. The van der Waals surface area contributed by atoms with Crippen molar-refractivity contribution in [3.05, 3.63) is 29.3 Å². The van der Waals surface area contributed by atoms with E-state index in [1.165, 1.54) is 0 Å². The van der Waals surface area contributed by atoms with Crippen molar-refractivity contribution < 1.29 is 14.3 Å². The minimum Gasteiger partial charge on any atom is -0.493 e. The maximum Gasteiger partial charge on any atom is 0.226 e. The average Bonchev–Trinajstić information content (AvgIpc) is 2.62. The van der Waals surface area contributed by atoms with Gasteiger partial charge in [0.1, 0.15) is 5.75 Å². The zero-order chi connectivity index (χ0) is 15.2. The van der Waals surface area contributed by atoms with Crippen molar-refractivity contribution in [3.63, 3.8) is 0 Å². The molecule has 1 heterocycles. The standard InChI is InChI=1S/C16H22N2O3/c1-12-9-13(2)11-14(10-12)21-8-4-16(20)18-6-3-15(19)17-5-7-18/h9-11H,3-8H2,1-2H3,(H,17,19). The summed E-state index contributed by atoms with van der Waals surface area (Å²) >= 11 is 0. The van der Waals surface area contributed by atoms with Gasteiger partial charge >= 0.3 is 0 Å². The molecule has 1 aliphatic rings. The summed E-state index contributed by atoms with van der Waals surface area (Å²) in [5.41, 5.74) is 2.29. The Morgan fingerprint density at radius 2 is 1.95 bits per heavy atom. The molecule has 0 bridgehead atoms. The van der Waals surface area contributed by atoms with Gasteiger partial charge < -0.3 is 15.0 Å². The largest absolute Gasteiger partial charge is 0.493 e. The number of hydrogen-bond donors (Lipinski definition) is 1. The minimum absolute atomic E-state index is 0.0109. The fourth-order valence-electron chi connectivity index (χ4n) is 2.45. The van der Waals surface area contributed by atoms with E-state index < -0.39 is 0 Å². The van der Waals surface area contributed by atoms with Crippen LogP contribution in [0.3, 0.4) is 0 Å². The highest BCUT2D eigenvalue weighted by Gasteiger charge is 2.18. The Balaban J connectivity index is 1.79. The number of ether oxygens (including phenoxy) is 1. The molecule has 1 N–H and O–H groups in total. The van der Waals surface area contributed by atoms with E-state index in [0.717, 1.165) is 16.9 Å². The van der Waals surface area contributed by atoms with Gasteiger partial charge in [0.15, 0.2) is 0 Å². The number of carbonyl (C=O) groups is 2. The molecule has 0 saturated carbocycles. The highest BCUT2D eigenvalue weighted by Crippen LogP contribution is 2.16. The summed E-state index contributed by atoms with van der Waals surface area (Å²) in [4.78, 5) is 25.1. The first-order valence-corrected chi connectivity index (χ1v) is 7.30. The number of nitrogens with zero attached hydrogens (tertiary/aromatic N) is 1. The Hall–Kier alpha value is -2.04. The van der Waals surface area contributed by atoms with E-state index in [-0.39, 0.29) is 11.8 Å². The van der Waals surface area contributed by atoms with Crippen LogP contribution in [0.25, 0.3) is 0 Å². The molecule has 0 aliphatic carbocycles. The Morgan fingerprint density at radius 3 is 2.67 bits per heavy atom. The SMILES string of the molecule is Cc1cc(C)cc(OCCC(=O)N2CCNC(=O)CC2)c1. The van der Waals surface area contributed by atoms with Gasteiger partial charge in [-0.3, -0.25) is 9.59 Å². The van der Waals surface area contributed by atoms with Crippen LogP contribution in [0.5, 0.6) is 5.75 Å². The van der Waals surface area contributed by atoms with Crippen LogP contribution in [-0.4, -0.2) is 43.0 Å². The summed E-state index contributed by atoms with van der Waals surface area (Å²) in [6.45, 7) is 6.00. The van der Waals surface area contributed by atoms with Gasteiger partial charge in [-0.25, -0.2) is 0 Å². The number of aryl methyl sites for hydroxylation is 2. The number of carbonyl (C=O) groups excluding carboxylic acids is 2. The van der Waals surface area contributed by atoms with Gasteiger partial charge in [-0.15, -0.1) is 0 Å². The van der Waals surface area contributed by atoms with Crippen molar-refractivity contribution >= 4 is 11.8 Å². The fourth-order valence-corrected chi connectivity index (χ4v) is 2.45. The molecule has 0 aromatic heterocycles. The maximum absolute atomic E-state index is 12.1. The molecule has 0 unspecified atom stereocenters. The molecule has 0 atom stereocenters. The first-order chi connectivity index (χ1) is 10.0. The van der Waals surface area contributed by atoms with E-state index in [1.54, 1.807) is 4.90 Å². The van der Waals surface area contributed by atoms with Crippen LogP contribution in [0.15, 0.2) is 18.2 Å². The molecule has 1 aromatic carbocycles. The summed E-state index contributed by atoms with van der Waals surface area (Å²) in [6.07, 6.45) is 0.713. The van der Waals surface area contributed by atoms with Crippen LogP contribution in [0.4, 0.5) is 0 Å². The van der Waals surface area contributed by atoms with Crippen LogP contribution in [0.2, 0.25) is 0 Å². The Labute approximate surface area is 125 Å². The van der Waals surface area contributed by atoms with Crippen molar-refractivity contribution in [2.24, 2.45) is 0 Å². The third kappa shape index (κ3) is 4.77. The lowest BCUT2D eigenvalue weighted by Crippen LogP contribution is -2.34. The van der Waals surface area contributed by atoms with Crippen LogP contribution in [0.1, 0.15) is 24.0 Å².